The van der Waals surface area contributed by atoms with Gasteiger partial charge in [-0.25, -0.2) is 9.37 Å². The fourth-order valence-electron chi connectivity index (χ4n) is 4.96. The third-order valence-electron chi connectivity index (χ3n) is 6.61. The molecule has 6 aromatic rings. The van der Waals surface area contributed by atoms with Crippen molar-refractivity contribution < 1.29 is 14.0 Å². The monoisotopic (exact) mass is 506 g/mol. The number of aromatic amines is 1. The van der Waals surface area contributed by atoms with E-state index in [1.807, 2.05) is 54.6 Å². The highest BCUT2D eigenvalue weighted by molar-refractivity contribution is 6.15. The number of hydrogen-bond acceptors (Lipinski definition) is 4. The summed E-state index contributed by atoms with van der Waals surface area (Å²) in [5.41, 5.74) is 16.6. The number of carbonyl (C=O) groups is 2. The van der Waals surface area contributed by atoms with Crippen LogP contribution in [0, 0.1) is 5.82 Å². The molecule has 9 heteroatoms. The first kappa shape index (κ1) is 23.2. The molecule has 0 bridgehead atoms. The Morgan fingerprint density at radius 1 is 0.947 bits per heavy atom. The van der Waals surface area contributed by atoms with Crippen LogP contribution in [0.3, 0.4) is 0 Å². The molecule has 0 radical (unpaired) electrons. The van der Waals surface area contributed by atoms with Gasteiger partial charge in [0.2, 0.25) is 5.91 Å². The van der Waals surface area contributed by atoms with Crippen LogP contribution in [-0.2, 0) is 4.79 Å². The predicted octanol–water partition coefficient (Wildman–Crippen LogP) is 4.85. The topological polar surface area (TPSA) is 132 Å². The van der Waals surface area contributed by atoms with Crippen molar-refractivity contribution >= 4 is 50.3 Å². The zero-order valence-electron chi connectivity index (χ0n) is 20.2. The average Bonchev–Trinajstić information content (AvgIpc) is 3.47. The Morgan fingerprint density at radius 2 is 1.76 bits per heavy atom. The molecule has 0 aliphatic carbocycles. The molecule has 0 saturated heterocycles. The van der Waals surface area contributed by atoms with Crippen LogP contribution in [0.4, 0.5) is 10.1 Å². The summed E-state index contributed by atoms with van der Waals surface area (Å²) in [6, 6.07) is 23.8. The van der Waals surface area contributed by atoms with Crippen LogP contribution in [0.2, 0.25) is 0 Å². The Hall–Kier alpha value is -5.18. The van der Waals surface area contributed by atoms with Crippen molar-refractivity contribution in [1.29, 1.82) is 0 Å². The van der Waals surface area contributed by atoms with Gasteiger partial charge in [0.1, 0.15) is 11.6 Å². The highest BCUT2D eigenvalue weighted by Crippen LogP contribution is 2.38. The number of anilines is 1. The number of nitrogens with one attached hydrogen (secondary N) is 2. The highest BCUT2D eigenvalue weighted by Gasteiger charge is 2.19. The van der Waals surface area contributed by atoms with Crippen LogP contribution < -0.4 is 16.8 Å². The van der Waals surface area contributed by atoms with E-state index in [0.29, 0.717) is 28.1 Å². The number of carbonyl (C=O) groups excluding carboxylic acids is 2. The maximum Gasteiger partial charge on any atom is 0.250 e. The molecule has 0 spiro atoms. The van der Waals surface area contributed by atoms with E-state index in [-0.39, 0.29) is 18.8 Å². The Kier molecular flexibility index (Phi) is 5.53. The molecular formula is C29H23FN6O2. The lowest BCUT2D eigenvalue weighted by molar-refractivity contribution is -0.117. The van der Waals surface area contributed by atoms with Crippen molar-refractivity contribution in [3.8, 4) is 17.1 Å². The summed E-state index contributed by atoms with van der Waals surface area (Å²) in [6.07, 6.45) is 0.114. The lowest BCUT2D eigenvalue weighted by atomic mass is 10.1. The first-order valence-electron chi connectivity index (χ1n) is 12.0. The minimum atomic E-state index is -0.580. The fraction of sp³-hybridized carbons (Fsp3) is 0.0690. The van der Waals surface area contributed by atoms with Gasteiger partial charge in [0.15, 0.2) is 0 Å². The summed E-state index contributed by atoms with van der Waals surface area (Å²) >= 11 is 0. The molecule has 8 nitrogen and oxygen atoms in total. The molecule has 0 saturated carbocycles. The molecule has 6 N–H and O–H groups in total. The van der Waals surface area contributed by atoms with E-state index in [1.165, 1.54) is 12.1 Å². The van der Waals surface area contributed by atoms with Crippen molar-refractivity contribution in [2.45, 2.75) is 6.42 Å². The van der Waals surface area contributed by atoms with Gasteiger partial charge >= 0.3 is 0 Å². The summed E-state index contributed by atoms with van der Waals surface area (Å²) < 4.78 is 15.9. The van der Waals surface area contributed by atoms with E-state index in [2.05, 4.69) is 14.9 Å². The van der Waals surface area contributed by atoms with E-state index >= 15 is 0 Å². The average molecular weight is 507 g/mol. The van der Waals surface area contributed by atoms with Crippen LogP contribution in [0.25, 0.3) is 49.9 Å². The number of imidazole rings is 1. The molecule has 0 fully saturated rings. The number of nitrogens with two attached hydrogens (primary N) is 2. The standard InChI is InChI=1S/C29H23FN6O2/c30-16-8-11-21-23(14-16)35-29(34-21)20-5-3-7-25-27(20)19-4-1-2-6-24(19)36(25)17-9-10-18(28(32)38)22(15-17)33-13-12-26(31)37/h1-11,14-15,33H,12-13H2,(H2,31,37)(H2,32,38)(H,34,35). The van der Waals surface area contributed by atoms with Crippen LogP contribution in [0.15, 0.2) is 78.9 Å². The predicted molar refractivity (Wildman–Crippen MR) is 147 cm³/mol. The van der Waals surface area contributed by atoms with Crippen LogP contribution in [-0.4, -0.2) is 32.9 Å². The van der Waals surface area contributed by atoms with Gasteiger partial charge in [-0.15, -0.1) is 0 Å². The summed E-state index contributed by atoms with van der Waals surface area (Å²) in [5.74, 6) is -0.722. The molecule has 2 amide bonds. The Labute approximate surface area is 216 Å². The van der Waals surface area contributed by atoms with Gasteiger partial charge in [-0.05, 0) is 48.5 Å². The number of hydrogen-bond donors (Lipinski definition) is 4. The quantitative estimate of drug-likeness (QED) is 0.246. The second-order valence-electron chi connectivity index (χ2n) is 9.04. The van der Waals surface area contributed by atoms with Crippen LogP contribution in [0.5, 0.6) is 0 Å². The largest absolute Gasteiger partial charge is 0.384 e. The molecule has 0 aliphatic rings. The minimum Gasteiger partial charge on any atom is -0.384 e. The summed E-state index contributed by atoms with van der Waals surface area (Å²) in [4.78, 5) is 31.3. The number of fused-ring (bicyclic) bond motifs is 4. The Bertz CT molecular complexity index is 1890. The zero-order valence-corrected chi connectivity index (χ0v) is 20.2. The molecule has 4 aromatic carbocycles. The highest BCUT2D eigenvalue weighted by atomic mass is 19.1. The van der Waals surface area contributed by atoms with Gasteiger partial charge in [-0.2, -0.15) is 0 Å². The van der Waals surface area contributed by atoms with Crippen molar-refractivity contribution in [1.82, 2.24) is 14.5 Å². The number of halogens is 1. The number of aromatic nitrogens is 3. The second-order valence-corrected chi connectivity index (χ2v) is 9.04. The smallest absolute Gasteiger partial charge is 0.250 e. The molecule has 38 heavy (non-hydrogen) atoms. The van der Waals surface area contributed by atoms with Crippen LogP contribution >= 0.6 is 0 Å². The fourth-order valence-corrected chi connectivity index (χ4v) is 4.96. The zero-order chi connectivity index (χ0) is 26.4. The normalized spacial score (nSPS) is 11.4. The van der Waals surface area contributed by atoms with Crippen molar-refractivity contribution in [2.75, 3.05) is 11.9 Å². The first-order valence-corrected chi connectivity index (χ1v) is 12.0. The minimum absolute atomic E-state index is 0.114. The van der Waals surface area contributed by atoms with Gasteiger partial charge in [-0.1, -0.05) is 30.3 Å². The van der Waals surface area contributed by atoms with E-state index in [4.69, 9.17) is 16.5 Å². The molecular weight excluding hydrogens is 483 g/mol. The molecule has 0 atom stereocenters. The van der Waals surface area contributed by atoms with Crippen molar-refractivity contribution in [3.05, 3.63) is 90.2 Å². The van der Waals surface area contributed by atoms with Crippen molar-refractivity contribution in [2.24, 2.45) is 11.5 Å². The molecule has 2 aromatic heterocycles. The lowest BCUT2D eigenvalue weighted by Crippen LogP contribution is -2.19. The van der Waals surface area contributed by atoms with E-state index < -0.39 is 11.8 Å². The number of para-hydroxylation sites is 1. The maximum atomic E-state index is 13.8. The lowest BCUT2D eigenvalue weighted by Gasteiger charge is -2.14. The number of benzene rings is 4. The van der Waals surface area contributed by atoms with E-state index in [1.54, 1.807) is 12.1 Å². The molecule has 188 valence electrons. The molecule has 0 aliphatic heterocycles. The number of amides is 2. The van der Waals surface area contributed by atoms with Gasteiger partial charge in [0.25, 0.3) is 5.91 Å². The number of nitrogens with zero attached hydrogens (tertiary/aromatic N) is 2. The molecule has 6 rings (SSSR count). The second kappa shape index (κ2) is 9.04. The van der Waals surface area contributed by atoms with Gasteiger partial charge in [0.05, 0.1) is 27.6 Å². The third kappa shape index (κ3) is 3.90. The number of primary amides is 2. The van der Waals surface area contributed by atoms with Crippen LogP contribution in [0.1, 0.15) is 16.8 Å². The number of rotatable bonds is 7. The first-order chi connectivity index (χ1) is 18.4. The van der Waals surface area contributed by atoms with E-state index in [9.17, 15) is 14.0 Å². The maximum absolute atomic E-state index is 13.8. The van der Waals surface area contributed by atoms with Gasteiger partial charge in [-0.3, -0.25) is 9.59 Å². The van der Waals surface area contributed by atoms with E-state index in [0.717, 1.165) is 33.1 Å². The Balaban J connectivity index is 1.57. The molecule has 0 unspecified atom stereocenters. The van der Waals surface area contributed by atoms with Gasteiger partial charge in [0, 0.05) is 40.7 Å². The summed E-state index contributed by atoms with van der Waals surface area (Å²) in [5, 5.41) is 5.10. The van der Waals surface area contributed by atoms with Gasteiger partial charge < -0.3 is 26.3 Å². The summed E-state index contributed by atoms with van der Waals surface area (Å²) in [7, 11) is 0. The SMILES string of the molecule is NC(=O)CCNc1cc(-n2c3ccccc3c3c(-c4nc5ccc(F)cc5[nH]4)cccc32)ccc1C(N)=O. The van der Waals surface area contributed by atoms with Crippen molar-refractivity contribution in [3.63, 3.8) is 0 Å². The number of H-pyrrole nitrogens is 1. The third-order valence-corrected chi connectivity index (χ3v) is 6.61. The molecule has 2 heterocycles. The Morgan fingerprint density at radius 3 is 2.58 bits per heavy atom. The summed E-state index contributed by atoms with van der Waals surface area (Å²) in [6.45, 7) is 0.267.